The first-order valence-electron chi connectivity index (χ1n) is 4.27. The molecule has 1 aliphatic heterocycles. The quantitative estimate of drug-likeness (QED) is 0.706. The van der Waals surface area contributed by atoms with Crippen LogP contribution in [0.15, 0.2) is 12.4 Å². The minimum atomic E-state index is 0. The largest absolute Gasteiger partial charge is 0.307 e. The standard InChI is InChI=1S/C8H12N4O.ClH/c1-11-6-7(4-10-11)12-3-2-9-5-8(12)13;/h4,6,9H,2-3,5H2,1H3;1H. The van der Waals surface area contributed by atoms with Crippen LogP contribution in [0.3, 0.4) is 0 Å². The molecule has 0 bridgehead atoms. The van der Waals surface area contributed by atoms with Crippen molar-refractivity contribution in [2.45, 2.75) is 0 Å². The number of halogens is 1. The second-order valence-corrected chi connectivity index (χ2v) is 3.09. The number of nitrogens with zero attached hydrogens (tertiary/aromatic N) is 3. The van der Waals surface area contributed by atoms with Crippen LogP contribution in [0.4, 0.5) is 5.69 Å². The molecule has 1 amide bonds. The maximum Gasteiger partial charge on any atom is 0.241 e. The number of hydrogen-bond acceptors (Lipinski definition) is 3. The summed E-state index contributed by atoms with van der Waals surface area (Å²) in [5.74, 6) is 0.110. The van der Waals surface area contributed by atoms with E-state index in [1.807, 2.05) is 13.2 Å². The summed E-state index contributed by atoms with van der Waals surface area (Å²) >= 11 is 0. The highest BCUT2D eigenvalue weighted by atomic mass is 35.5. The van der Waals surface area contributed by atoms with Crippen molar-refractivity contribution in [1.29, 1.82) is 0 Å². The van der Waals surface area contributed by atoms with Crippen molar-refractivity contribution in [2.24, 2.45) is 7.05 Å². The van der Waals surface area contributed by atoms with Crippen LogP contribution in [0.25, 0.3) is 0 Å². The van der Waals surface area contributed by atoms with Gasteiger partial charge in [0.2, 0.25) is 5.91 Å². The summed E-state index contributed by atoms with van der Waals surface area (Å²) in [6.07, 6.45) is 3.56. The van der Waals surface area contributed by atoms with Crippen molar-refractivity contribution < 1.29 is 4.79 Å². The van der Waals surface area contributed by atoms with Gasteiger partial charge in [-0.1, -0.05) is 0 Å². The number of carbonyl (C=O) groups excluding carboxylic acids is 1. The smallest absolute Gasteiger partial charge is 0.241 e. The molecule has 1 saturated heterocycles. The average molecular weight is 217 g/mol. The number of anilines is 1. The van der Waals surface area contributed by atoms with Gasteiger partial charge in [0.25, 0.3) is 0 Å². The molecule has 5 nitrogen and oxygen atoms in total. The zero-order chi connectivity index (χ0) is 9.26. The normalized spacial score (nSPS) is 16.6. The average Bonchev–Trinajstić information content (AvgIpc) is 2.53. The number of amides is 1. The van der Waals surface area contributed by atoms with Gasteiger partial charge in [-0.25, -0.2) is 0 Å². The Morgan fingerprint density at radius 1 is 1.57 bits per heavy atom. The number of rotatable bonds is 1. The van der Waals surface area contributed by atoms with Gasteiger partial charge in [0, 0.05) is 26.3 Å². The maximum absolute atomic E-state index is 11.4. The second-order valence-electron chi connectivity index (χ2n) is 3.09. The Bertz CT molecular complexity index is 325. The lowest BCUT2D eigenvalue weighted by atomic mass is 10.3. The van der Waals surface area contributed by atoms with E-state index >= 15 is 0 Å². The number of aromatic nitrogens is 2. The zero-order valence-corrected chi connectivity index (χ0v) is 8.75. The Balaban J connectivity index is 0.000000980. The lowest BCUT2D eigenvalue weighted by Crippen LogP contribution is -2.48. The molecule has 0 atom stereocenters. The van der Waals surface area contributed by atoms with Crippen molar-refractivity contribution in [1.82, 2.24) is 15.1 Å². The van der Waals surface area contributed by atoms with Gasteiger partial charge in [-0.05, 0) is 0 Å². The van der Waals surface area contributed by atoms with Crippen LogP contribution in [0, 0.1) is 0 Å². The SMILES string of the molecule is Cl.Cn1cc(N2CCNCC2=O)cn1. The van der Waals surface area contributed by atoms with Gasteiger partial charge in [-0.3, -0.25) is 9.48 Å². The Morgan fingerprint density at radius 3 is 2.93 bits per heavy atom. The molecule has 0 saturated carbocycles. The minimum Gasteiger partial charge on any atom is -0.307 e. The van der Waals surface area contributed by atoms with Gasteiger partial charge < -0.3 is 10.2 Å². The molecule has 2 heterocycles. The summed E-state index contributed by atoms with van der Waals surface area (Å²) in [4.78, 5) is 13.2. The summed E-state index contributed by atoms with van der Waals surface area (Å²) in [6.45, 7) is 2.00. The monoisotopic (exact) mass is 216 g/mol. The predicted molar refractivity (Wildman–Crippen MR) is 55.7 cm³/mol. The number of hydrogen-bond donors (Lipinski definition) is 1. The third-order valence-corrected chi connectivity index (χ3v) is 2.09. The first-order valence-corrected chi connectivity index (χ1v) is 4.27. The van der Waals surface area contributed by atoms with Gasteiger partial charge in [0.05, 0.1) is 18.4 Å². The van der Waals surface area contributed by atoms with Crippen LogP contribution in [-0.2, 0) is 11.8 Å². The molecule has 0 aromatic carbocycles. The van der Waals surface area contributed by atoms with Crippen molar-refractivity contribution in [3.63, 3.8) is 0 Å². The summed E-state index contributed by atoms with van der Waals surface area (Å²) < 4.78 is 1.70. The molecule has 1 N–H and O–H groups in total. The number of nitrogens with one attached hydrogen (secondary N) is 1. The molecular weight excluding hydrogens is 204 g/mol. The Hall–Kier alpha value is -1.07. The van der Waals surface area contributed by atoms with E-state index in [9.17, 15) is 4.79 Å². The lowest BCUT2D eigenvalue weighted by Gasteiger charge is -2.25. The van der Waals surface area contributed by atoms with Crippen LogP contribution >= 0.6 is 12.4 Å². The second kappa shape index (κ2) is 4.43. The summed E-state index contributed by atoms with van der Waals surface area (Å²) in [5, 5.41) is 7.05. The van der Waals surface area contributed by atoms with E-state index in [1.165, 1.54) is 0 Å². The summed E-state index contributed by atoms with van der Waals surface area (Å²) in [5.41, 5.74) is 0.883. The summed E-state index contributed by atoms with van der Waals surface area (Å²) in [7, 11) is 1.84. The third kappa shape index (κ3) is 2.05. The van der Waals surface area contributed by atoms with Crippen LogP contribution in [0.5, 0.6) is 0 Å². The highest BCUT2D eigenvalue weighted by molar-refractivity contribution is 5.95. The van der Waals surface area contributed by atoms with Crippen molar-refractivity contribution in [3.8, 4) is 0 Å². The van der Waals surface area contributed by atoms with Gasteiger partial charge in [0.15, 0.2) is 0 Å². The van der Waals surface area contributed by atoms with Crippen LogP contribution < -0.4 is 10.2 Å². The molecule has 1 fully saturated rings. The Labute approximate surface area is 88.5 Å². The predicted octanol–water partition coefficient (Wildman–Crippen LogP) is -0.222. The van der Waals surface area contributed by atoms with Crippen molar-refractivity contribution >= 4 is 24.0 Å². The van der Waals surface area contributed by atoms with Crippen LogP contribution in [0.1, 0.15) is 0 Å². The molecule has 0 unspecified atom stereocenters. The van der Waals surface area contributed by atoms with Gasteiger partial charge >= 0.3 is 0 Å². The van der Waals surface area contributed by atoms with E-state index in [2.05, 4.69) is 10.4 Å². The minimum absolute atomic E-state index is 0. The first kappa shape index (κ1) is 11.0. The molecular formula is C8H13ClN4O. The first-order chi connectivity index (χ1) is 6.27. The highest BCUT2D eigenvalue weighted by Crippen LogP contribution is 2.12. The molecule has 78 valence electrons. The topological polar surface area (TPSA) is 50.2 Å². The molecule has 1 aromatic rings. The van der Waals surface area contributed by atoms with E-state index < -0.39 is 0 Å². The fourth-order valence-corrected chi connectivity index (χ4v) is 1.43. The summed E-state index contributed by atoms with van der Waals surface area (Å²) in [6, 6.07) is 0. The molecule has 0 aliphatic carbocycles. The zero-order valence-electron chi connectivity index (χ0n) is 7.93. The fraction of sp³-hybridized carbons (Fsp3) is 0.500. The van der Waals surface area contributed by atoms with Crippen LogP contribution in [0.2, 0.25) is 0 Å². The van der Waals surface area contributed by atoms with E-state index in [1.54, 1.807) is 15.8 Å². The van der Waals surface area contributed by atoms with Crippen molar-refractivity contribution in [3.05, 3.63) is 12.4 Å². The van der Waals surface area contributed by atoms with Gasteiger partial charge in [-0.2, -0.15) is 5.10 Å². The molecule has 2 rings (SSSR count). The maximum atomic E-state index is 11.4. The molecule has 1 aliphatic rings. The molecule has 1 aromatic heterocycles. The number of carbonyl (C=O) groups is 1. The number of piperazine rings is 1. The lowest BCUT2D eigenvalue weighted by molar-refractivity contribution is -0.118. The van der Waals surface area contributed by atoms with E-state index in [-0.39, 0.29) is 18.3 Å². The Kier molecular flexibility index (Phi) is 3.49. The van der Waals surface area contributed by atoms with Gasteiger partial charge in [-0.15, -0.1) is 12.4 Å². The highest BCUT2D eigenvalue weighted by Gasteiger charge is 2.19. The third-order valence-electron chi connectivity index (χ3n) is 2.09. The number of aryl methyl sites for hydroxylation is 1. The fourth-order valence-electron chi connectivity index (χ4n) is 1.43. The Morgan fingerprint density at radius 2 is 2.36 bits per heavy atom. The molecule has 0 radical (unpaired) electrons. The molecule has 14 heavy (non-hydrogen) atoms. The van der Waals surface area contributed by atoms with Crippen LogP contribution in [-0.4, -0.2) is 35.3 Å². The van der Waals surface area contributed by atoms with Crippen molar-refractivity contribution in [2.75, 3.05) is 24.5 Å². The molecule has 0 spiro atoms. The van der Waals surface area contributed by atoms with E-state index in [0.717, 1.165) is 18.8 Å². The van der Waals surface area contributed by atoms with E-state index in [0.29, 0.717) is 6.54 Å². The van der Waals surface area contributed by atoms with Gasteiger partial charge in [0.1, 0.15) is 0 Å². The molecule has 6 heteroatoms. The van der Waals surface area contributed by atoms with E-state index in [4.69, 9.17) is 0 Å².